The summed E-state index contributed by atoms with van der Waals surface area (Å²) in [7, 11) is 0. The number of likely N-dealkylation sites (tertiary alicyclic amines) is 1. The number of hydrogen-bond donors (Lipinski definition) is 1. The Balaban J connectivity index is 1.68. The fourth-order valence-electron chi connectivity index (χ4n) is 2.24. The first kappa shape index (κ1) is 12.9. The maximum atomic E-state index is 3.56. The van der Waals surface area contributed by atoms with Crippen molar-refractivity contribution in [2.24, 2.45) is 0 Å². The highest BCUT2D eigenvalue weighted by molar-refractivity contribution is 9.10. The van der Waals surface area contributed by atoms with E-state index in [1.54, 1.807) is 0 Å². The van der Waals surface area contributed by atoms with Gasteiger partial charge in [0.25, 0.3) is 0 Å². The predicted octanol–water partition coefficient (Wildman–Crippen LogP) is 3.66. The first-order valence-corrected chi connectivity index (χ1v) is 7.27. The lowest BCUT2D eigenvalue weighted by atomic mass is 10.2. The van der Waals surface area contributed by atoms with Crippen molar-refractivity contribution in [3.8, 4) is 0 Å². The molecule has 1 heterocycles. The van der Waals surface area contributed by atoms with Gasteiger partial charge >= 0.3 is 0 Å². The van der Waals surface area contributed by atoms with Crippen LogP contribution < -0.4 is 5.32 Å². The monoisotopic (exact) mass is 296 g/mol. The van der Waals surface area contributed by atoms with E-state index in [1.807, 2.05) is 0 Å². The highest BCUT2D eigenvalue weighted by Crippen LogP contribution is 2.20. The van der Waals surface area contributed by atoms with Gasteiger partial charge in [-0.3, -0.25) is 0 Å². The van der Waals surface area contributed by atoms with Crippen LogP contribution >= 0.6 is 15.9 Å². The standard InChI is InChI=1S/C14H21BrN2/c1-12-5-6-13(11-14(12)15)16-7-4-10-17-8-2-3-9-17/h5-6,11,16H,2-4,7-10H2,1H3. The summed E-state index contributed by atoms with van der Waals surface area (Å²) in [6.07, 6.45) is 4.00. The quantitative estimate of drug-likeness (QED) is 0.835. The van der Waals surface area contributed by atoms with Gasteiger partial charge in [0.2, 0.25) is 0 Å². The molecule has 1 N–H and O–H groups in total. The normalized spacial score (nSPS) is 16.4. The van der Waals surface area contributed by atoms with E-state index in [2.05, 4.69) is 51.3 Å². The molecule has 17 heavy (non-hydrogen) atoms. The van der Waals surface area contributed by atoms with Crippen LogP contribution in [-0.4, -0.2) is 31.1 Å². The molecule has 0 atom stereocenters. The van der Waals surface area contributed by atoms with Crippen molar-refractivity contribution in [1.82, 2.24) is 4.90 Å². The van der Waals surface area contributed by atoms with Crippen LogP contribution in [-0.2, 0) is 0 Å². The SMILES string of the molecule is Cc1ccc(NCCCN2CCCC2)cc1Br. The molecule has 1 aromatic carbocycles. The molecule has 3 heteroatoms. The predicted molar refractivity (Wildman–Crippen MR) is 77.7 cm³/mol. The zero-order valence-corrected chi connectivity index (χ0v) is 12.1. The third kappa shape index (κ3) is 4.00. The number of rotatable bonds is 5. The van der Waals surface area contributed by atoms with Crippen LogP contribution in [0.3, 0.4) is 0 Å². The number of aryl methyl sites for hydroxylation is 1. The molecule has 1 aliphatic heterocycles. The van der Waals surface area contributed by atoms with Crippen LogP contribution in [0.4, 0.5) is 5.69 Å². The van der Waals surface area contributed by atoms with Crippen LogP contribution in [0.25, 0.3) is 0 Å². The third-order valence-corrected chi connectivity index (χ3v) is 4.21. The van der Waals surface area contributed by atoms with E-state index in [4.69, 9.17) is 0 Å². The van der Waals surface area contributed by atoms with Crippen molar-refractivity contribution in [2.75, 3.05) is 31.5 Å². The van der Waals surface area contributed by atoms with Crippen LogP contribution in [0.15, 0.2) is 22.7 Å². The van der Waals surface area contributed by atoms with Gasteiger partial charge in [-0.25, -0.2) is 0 Å². The zero-order chi connectivity index (χ0) is 12.1. The number of hydrogen-bond acceptors (Lipinski definition) is 2. The van der Waals surface area contributed by atoms with Crippen LogP contribution in [0, 0.1) is 6.92 Å². The minimum atomic E-state index is 1.06. The van der Waals surface area contributed by atoms with Crippen LogP contribution in [0.1, 0.15) is 24.8 Å². The summed E-state index contributed by atoms with van der Waals surface area (Å²) in [5.74, 6) is 0. The molecular weight excluding hydrogens is 276 g/mol. The van der Waals surface area contributed by atoms with Crippen LogP contribution in [0.5, 0.6) is 0 Å². The second-order valence-corrected chi connectivity index (χ2v) is 5.65. The molecular formula is C14H21BrN2. The fourth-order valence-corrected chi connectivity index (χ4v) is 2.62. The molecule has 0 amide bonds. The second-order valence-electron chi connectivity index (χ2n) is 4.79. The van der Waals surface area contributed by atoms with Crippen molar-refractivity contribution >= 4 is 21.6 Å². The zero-order valence-electron chi connectivity index (χ0n) is 10.5. The summed E-state index contributed by atoms with van der Waals surface area (Å²) < 4.78 is 1.18. The largest absolute Gasteiger partial charge is 0.385 e. The fraction of sp³-hybridized carbons (Fsp3) is 0.571. The molecule has 94 valence electrons. The maximum Gasteiger partial charge on any atom is 0.0351 e. The molecule has 1 aromatic rings. The van der Waals surface area contributed by atoms with E-state index in [0.717, 1.165) is 6.54 Å². The molecule has 1 aliphatic rings. The van der Waals surface area contributed by atoms with Gasteiger partial charge in [-0.2, -0.15) is 0 Å². The number of benzene rings is 1. The third-order valence-electron chi connectivity index (χ3n) is 3.35. The average molecular weight is 297 g/mol. The Kier molecular flexibility index (Phi) is 4.86. The molecule has 0 saturated carbocycles. The Morgan fingerprint density at radius 3 is 2.76 bits per heavy atom. The van der Waals surface area contributed by atoms with E-state index in [9.17, 15) is 0 Å². The van der Waals surface area contributed by atoms with Gasteiger partial charge < -0.3 is 10.2 Å². The second kappa shape index (κ2) is 6.41. The van der Waals surface area contributed by atoms with Gasteiger partial charge in [0, 0.05) is 16.7 Å². The van der Waals surface area contributed by atoms with Crippen molar-refractivity contribution in [3.05, 3.63) is 28.2 Å². The number of nitrogens with zero attached hydrogens (tertiary/aromatic N) is 1. The van der Waals surface area contributed by atoms with Crippen LogP contribution in [0.2, 0.25) is 0 Å². The lowest BCUT2D eigenvalue weighted by Gasteiger charge is -2.14. The summed E-state index contributed by atoms with van der Waals surface area (Å²) in [6.45, 7) is 7.01. The molecule has 0 radical (unpaired) electrons. The smallest absolute Gasteiger partial charge is 0.0351 e. The average Bonchev–Trinajstić information content (AvgIpc) is 2.82. The minimum absolute atomic E-state index is 1.06. The van der Waals surface area contributed by atoms with Gasteiger partial charge in [-0.05, 0) is 63.5 Å². The van der Waals surface area contributed by atoms with Gasteiger partial charge in [0.15, 0.2) is 0 Å². The summed E-state index contributed by atoms with van der Waals surface area (Å²) in [5.41, 5.74) is 2.50. The van der Waals surface area contributed by atoms with E-state index in [0.29, 0.717) is 0 Å². The molecule has 0 bridgehead atoms. The van der Waals surface area contributed by atoms with Gasteiger partial charge in [-0.15, -0.1) is 0 Å². The van der Waals surface area contributed by atoms with E-state index >= 15 is 0 Å². The Bertz CT molecular complexity index is 359. The molecule has 0 aliphatic carbocycles. The molecule has 2 rings (SSSR count). The Morgan fingerprint density at radius 2 is 2.06 bits per heavy atom. The highest BCUT2D eigenvalue weighted by atomic mass is 79.9. The lowest BCUT2D eigenvalue weighted by molar-refractivity contribution is 0.337. The Labute approximate surface area is 113 Å². The Hall–Kier alpha value is -0.540. The molecule has 1 saturated heterocycles. The van der Waals surface area contributed by atoms with Gasteiger partial charge in [0.05, 0.1) is 0 Å². The maximum absolute atomic E-state index is 3.56. The van der Waals surface area contributed by atoms with E-state index in [1.165, 1.54) is 54.6 Å². The van der Waals surface area contributed by atoms with Crippen molar-refractivity contribution < 1.29 is 0 Å². The minimum Gasteiger partial charge on any atom is -0.385 e. The highest BCUT2D eigenvalue weighted by Gasteiger charge is 2.09. The van der Waals surface area contributed by atoms with Crippen molar-refractivity contribution in [2.45, 2.75) is 26.2 Å². The molecule has 2 nitrogen and oxygen atoms in total. The van der Waals surface area contributed by atoms with Gasteiger partial charge in [0.1, 0.15) is 0 Å². The topological polar surface area (TPSA) is 15.3 Å². The molecule has 0 spiro atoms. The van der Waals surface area contributed by atoms with E-state index < -0.39 is 0 Å². The summed E-state index contributed by atoms with van der Waals surface area (Å²) in [6, 6.07) is 6.45. The summed E-state index contributed by atoms with van der Waals surface area (Å²) >= 11 is 3.56. The van der Waals surface area contributed by atoms with E-state index in [-0.39, 0.29) is 0 Å². The number of nitrogens with one attached hydrogen (secondary N) is 1. The van der Waals surface area contributed by atoms with Crippen molar-refractivity contribution in [3.63, 3.8) is 0 Å². The van der Waals surface area contributed by atoms with Crippen molar-refractivity contribution in [1.29, 1.82) is 0 Å². The lowest BCUT2D eigenvalue weighted by Crippen LogP contribution is -2.22. The molecule has 0 unspecified atom stereocenters. The first-order valence-electron chi connectivity index (χ1n) is 6.48. The van der Waals surface area contributed by atoms with Gasteiger partial charge in [-0.1, -0.05) is 22.0 Å². The number of halogens is 1. The molecule has 1 fully saturated rings. The summed E-state index contributed by atoms with van der Waals surface area (Å²) in [4.78, 5) is 2.56. The molecule has 0 aromatic heterocycles. The number of anilines is 1. The Morgan fingerprint density at radius 1 is 1.29 bits per heavy atom. The summed E-state index contributed by atoms with van der Waals surface area (Å²) in [5, 5.41) is 3.48. The first-order chi connectivity index (χ1) is 8.25.